The van der Waals surface area contributed by atoms with Gasteiger partial charge in [-0.05, 0) is 47.9 Å². The zero-order chi connectivity index (χ0) is 23.2. The predicted molar refractivity (Wildman–Crippen MR) is 124 cm³/mol. The second-order valence-corrected chi connectivity index (χ2v) is 8.27. The van der Waals surface area contributed by atoms with Gasteiger partial charge in [0.2, 0.25) is 0 Å². The Morgan fingerprint density at radius 3 is 2.36 bits per heavy atom. The van der Waals surface area contributed by atoms with Crippen LogP contribution >= 0.6 is 0 Å². The van der Waals surface area contributed by atoms with E-state index in [0.29, 0.717) is 50.5 Å². The van der Waals surface area contributed by atoms with Gasteiger partial charge in [0.1, 0.15) is 12.4 Å². The molecule has 0 spiro atoms. The Morgan fingerprint density at radius 1 is 0.909 bits per heavy atom. The summed E-state index contributed by atoms with van der Waals surface area (Å²) in [6.07, 6.45) is 0.986. The second-order valence-electron chi connectivity index (χ2n) is 8.27. The average molecular weight is 451 g/mol. The first-order chi connectivity index (χ1) is 16.0. The molecule has 0 atom stereocenters. The molecule has 0 aliphatic carbocycles. The Balaban J connectivity index is 1.31. The quantitative estimate of drug-likeness (QED) is 0.504. The minimum atomic E-state index is -0.830. The summed E-state index contributed by atoms with van der Waals surface area (Å²) in [5, 5.41) is 0. The van der Waals surface area contributed by atoms with Gasteiger partial charge >= 0.3 is 0 Å². The fourth-order valence-corrected chi connectivity index (χ4v) is 3.99. The van der Waals surface area contributed by atoms with E-state index in [9.17, 15) is 13.6 Å². The Hall–Kier alpha value is -3.25. The largest absolute Gasteiger partial charge is 0.489 e. The number of nitrogens with zero attached hydrogens (tertiary/aromatic N) is 2. The van der Waals surface area contributed by atoms with E-state index in [0.717, 1.165) is 23.8 Å². The molecule has 1 amide bonds. The highest BCUT2D eigenvalue weighted by atomic mass is 19.2. The lowest BCUT2D eigenvalue weighted by Crippen LogP contribution is -2.48. The molecule has 0 aromatic heterocycles. The zero-order valence-corrected chi connectivity index (χ0v) is 18.8. The van der Waals surface area contributed by atoms with E-state index in [1.807, 2.05) is 46.2 Å². The van der Waals surface area contributed by atoms with Crippen LogP contribution in [0.2, 0.25) is 0 Å². The standard InChI is InChI=1S/C27H28F2N2O2/c1-2-20-9-11-24(12-10-20)33-19-21-5-3-6-22(17-21)27(32)31-15-13-30(14-16-31)18-23-7-4-8-25(28)26(23)29/h3-12,17H,2,13-16,18-19H2,1H3. The second kappa shape index (κ2) is 10.6. The number of carbonyl (C=O) groups excluding carboxylic acids is 1. The van der Waals surface area contributed by atoms with Crippen LogP contribution in [0.4, 0.5) is 8.78 Å². The van der Waals surface area contributed by atoms with E-state index in [4.69, 9.17) is 4.74 Å². The maximum absolute atomic E-state index is 13.9. The molecule has 4 nitrogen and oxygen atoms in total. The first-order valence-corrected chi connectivity index (χ1v) is 11.3. The number of piperazine rings is 1. The van der Waals surface area contributed by atoms with Crippen LogP contribution in [0.25, 0.3) is 0 Å². The SMILES string of the molecule is CCc1ccc(OCc2cccc(C(=O)N3CCN(Cc4cccc(F)c4F)CC3)c2)cc1. The molecular weight excluding hydrogens is 422 g/mol. The summed E-state index contributed by atoms with van der Waals surface area (Å²) in [4.78, 5) is 16.9. The molecule has 3 aromatic carbocycles. The van der Waals surface area contributed by atoms with Gasteiger partial charge in [-0.1, -0.05) is 43.3 Å². The number of halogens is 2. The van der Waals surface area contributed by atoms with Crippen molar-refractivity contribution in [2.45, 2.75) is 26.5 Å². The number of rotatable bonds is 7. The van der Waals surface area contributed by atoms with Crippen molar-refractivity contribution in [3.8, 4) is 5.75 Å². The molecule has 1 fully saturated rings. The van der Waals surface area contributed by atoms with E-state index in [-0.39, 0.29) is 5.91 Å². The number of hydrogen-bond donors (Lipinski definition) is 0. The number of aryl methyl sites for hydroxylation is 1. The maximum atomic E-state index is 13.9. The van der Waals surface area contributed by atoms with Gasteiger partial charge in [-0.25, -0.2) is 8.78 Å². The third-order valence-corrected chi connectivity index (χ3v) is 6.00. The highest BCUT2D eigenvalue weighted by Crippen LogP contribution is 2.18. The monoisotopic (exact) mass is 450 g/mol. The van der Waals surface area contributed by atoms with Gasteiger partial charge in [0.25, 0.3) is 5.91 Å². The molecule has 0 saturated carbocycles. The van der Waals surface area contributed by atoms with Crippen molar-refractivity contribution < 1.29 is 18.3 Å². The van der Waals surface area contributed by atoms with Crippen LogP contribution in [0.15, 0.2) is 66.7 Å². The first kappa shape index (κ1) is 22.9. The molecule has 1 heterocycles. The maximum Gasteiger partial charge on any atom is 0.253 e. The smallest absolute Gasteiger partial charge is 0.253 e. The fraction of sp³-hybridized carbons (Fsp3) is 0.296. The van der Waals surface area contributed by atoms with Crippen molar-refractivity contribution in [3.05, 3.63) is 101 Å². The van der Waals surface area contributed by atoms with Gasteiger partial charge in [-0.2, -0.15) is 0 Å². The van der Waals surface area contributed by atoms with Gasteiger partial charge in [-0.15, -0.1) is 0 Å². The molecule has 3 aromatic rings. The molecular formula is C27H28F2N2O2. The van der Waals surface area contributed by atoms with Crippen molar-refractivity contribution in [1.82, 2.24) is 9.80 Å². The molecule has 1 aliphatic rings. The van der Waals surface area contributed by atoms with E-state index >= 15 is 0 Å². The zero-order valence-electron chi connectivity index (χ0n) is 18.8. The molecule has 6 heteroatoms. The predicted octanol–water partition coefficient (Wildman–Crippen LogP) is 5.06. The van der Waals surface area contributed by atoms with E-state index in [2.05, 4.69) is 19.1 Å². The first-order valence-electron chi connectivity index (χ1n) is 11.3. The lowest BCUT2D eigenvalue weighted by molar-refractivity contribution is 0.0626. The Bertz CT molecular complexity index is 1090. The molecule has 1 aliphatic heterocycles. The summed E-state index contributed by atoms with van der Waals surface area (Å²) in [6, 6.07) is 19.8. The van der Waals surface area contributed by atoms with Crippen LogP contribution in [0.1, 0.15) is 34.0 Å². The molecule has 172 valence electrons. The number of carbonyl (C=O) groups is 1. The van der Waals surface area contributed by atoms with Crippen LogP contribution in [0.5, 0.6) is 5.75 Å². The van der Waals surface area contributed by atoms with Crippen LogP contribution in [0.3, 0.4) is 0 Å². The van der Waals surface area contributed by atoms with Gasteiger partial charge < -0.3 is 9.64 Å². The molecule has 0 N–H and O–H groups in total. The number of ether oxygens (including phenoxy) is 1. The third kappa shape index (κ3) is 5.76. The van der Waals surface area contributed by atoms with Gasteiger partial charge in [0.05, 0.1) is 0 Å². The molecule has 0 bridgehead atoms. The molecule has 0 radical (unpaired) electrons. The van der Waals surface area contributed by atoms with Crippen molar-refractivity contribution in [2.24, 2.45) is 0 Å². The lowest BCUT2D eigenvalue weighted by Gasteiger charge is -2.35. The van der Waals surface area contributed by atoms with Crippen molar-refractivity contribution in [1.29, 1.82) is 0 Å². The van der Waals surface area contributed by atoms with Gasteiger partial charge in [-0.3, -0.25) is 9.69 Å². The van der Waals surface area contributed by atoms with Gasteiger partial charge in [0.15, 0.2) is 11.6 Å². The number of hydrogen-bond acceptors (Lipinski definition) is 3. The van der Waals surface area contributed by atoms with Gasteiger partial charge in [0, 0.05) is 43.9 Å². The van der Waals surface area contributed by atoms with Crippen LogP contribution in [-0.2, 0) is 19.6 Å². The normalized spacial score (nSPS) is 14.3. The summed E-state index contributed by atoms with van der Waals surface area (Å²) < 4.78 is 33.3. The minimum absolute atomic E-state index is 0.0271. The summed E-state index contributed by atoms with van der Waals surface area (Å²) in [5.41, 5.74) is 3.16. The summed E-state index contributed by atoms with van der Waals surface area (Å²) in [6.45, 7) is 5.14. The van der Waals surface area contributed by atoms with Crippen LogP contribution < -0.4 is 4.74 Å². The summed E-state index contributed by atoms with van der Waals surface area (Å²) >= 11 is 0. The lowest BCUT2D eigenvalue weighted by atomic mass is 10.1. The Labute approximate surface area is 193 Å². The molecule has 4 rings (SSSR count). The van der Waals surface area contributed by atoms with Crippen molar-refractivity contribution >= 4 is 5.91 Å². The van der Waals surface area contributed by atoms with Crippen molar-refractivity contribution in [3.63, 3.8) is 0 Å². The summed E-state index contributed by atoms with van der Waals surface area (Å²) in [7, 11) is 0. The van der Waals surface area contributed by atoms with E-state index in [1.165, 1.54) is 11.6 Å². The average Bonchev–Trinajstić information content (AvgIpc) is 2.86. The molecule has 33 heavy (non-hydrogen) atoms. The minimum Gasteiger partial charge on any atom is -0.489 e. The number of benzene rings is 3. The summed E-state index contributed by atoms with van der Waals surface area (Å²) in [5.74, 6) is -0.852. The molecule has 1 saturated heterocycles. The highest BCUT2D eigenvalue weighted by Gasteiger charge is 2.23. The van der Waals surface area contributed by atoms with E-state index in [1.54, 1.807) is 6.07 Å². The van der Waals surface area contributed by atoms with E-state index < -0.39 is 11.6 Å². The van der Waals surface area contributed by atoms with Crippen LogP contribution in [-0.4, -0.2) is 41.9 Å². The fourth-order valence-electron chi connectivity index (χ4n) is 3.99. The number of amides is 1. The Morgan fingerprint density at radius 2 is 1.64 bits per heavy atom. The Kier molecular flexibility index (Phi) is 7.35. The highest BCUT2D eigenvalue weighted by molar-refractivity contribution is 5.94. The van der Waals surface area contributed by atoms with Crippen LogP contribution in [0, 0.1) is 11.6 Å². The topological polar surface area (TPSA) is 32.8 Å². The molecule has 0 unspecified atom stereocenters. The van der Waals surface area contributed by atoms with Crippen molar-refractivity contribution in [2.75, 3.05) is 26.2 Å². The third-order valence-electron chi connectivity index (χ3n) is 6.00.